The minimum absolute atomic E-state index is 0.0100. The fourth-order valence-corrected chi connectivity index (χ4v) is 2.28. The van der Waals surface area contributed by atoms with Crippen LogP contribution < -0.4 is 5.73 Å². The quantitative estimate of drug-likeness (QED) is 0.828. The van der Waals surface area contributed by atoms with Crippen LogP contribution >= 0.6 is 0 Å². The number of carbonyl (C=O) groups excluding carboxylic acids is 2. The Balaban J connectivity index is 2.03. The van der Waals surface area contributed by atoms with Crippen LogP contribution in [0.5, 0.6) is 0 Å². The number of rotatable bonds is 5. The van der Waals surface area contributed by atoms with E-state index in [1.54, 1.807) is 16.0 Å². The first kappa shape index (κ1) is 14.5. The normalized spacial score (nSPS) is 15.9. The van der Waals surface area contributed by atoms with Gasteiger partial charge in [-0.2, -0.15) is 0 Å². The van der Waals surface area contributed by atoms with Crippen molar-refractivity contribution in [3.8, 4) is 0 Å². The number of nitrogens with zero attached hydrogens (tertiary/aromatic N) is 3. The summed E-state index contributed by atoms with van der Waals surface area (Å²) >= 11 is 0. The van der Waals surface area contributed by atoms with Crippen LogP contribution in [0.3, 0.4) is 0 Å². The third-order valence-electron chi connectivity index (χ3n) is 3.31. The Hall–Kier alpha value is -1.95. The van der Waals surface area contributed by atoms with E-state index in [9.17, 15) is 9.59 Å². The highest BCUT2D eigenvalue weighted by molar-refractivity contribution is 5.92. The molecular weight excluding hydrogens is 256 g/mol. The van der Waals surface area contributed by atoms with E-state index in [1.165, 1.54) is 0 Å². The van der Waals surface area contributed by atoms with Gasteiger partial charge < -0.3 is 15.5 Å². The number of aromatic nitrogens is 1. The van der Waals surface area contributed by atoms with Gasteiger partial charge in [-0.15, -0.1) is 0 Å². The molecule has 0 unspecified atom stereocenters. The molecule has 6 heteroatoms. The van der Waals surface area contributed by atoms with Crippen molar-refractivity contribution in [2.45, 2.75) is 26.4 Å². The lowest BCUT2D eigenvalue weighted by atomic mass is 10.2. The molecule has 1 aromatic rings. The van der Waals surface area contributed by atoms with Crippen molar-refractivity contribution in [1.82, 2.24) is 14.8 Å². The molecule has 2 amide bonds. The van der Waals surface area contributed by atoms with Crippen molar-refractivity contribution in [3.05, 3.63) is 29.6 Å². The molecule has 6 nitrogen and oxygen atoms in total. The number of pyridine rings is 1. The van der Waals surface area contributed by atoms with Gasteiger partial charge >= 0.3 is 0 Å². The molecule has 2 rings (SSSR count). The van der Waals surface area contributed by atoms with Crippen molar-refractivity contribution >= 4 is 11.8 Å². The van der Waals surface area contributed by atoms with E-state index in [0.29, 0.717) is 19.6 Å². The predicted molar refractivity (Wildman–Crippen MR) is 74.4 cm³/mol. The highest BCUT2D eigenvalue weighted by atomic mass is 16.2. The zero-order valence-electron chi connectivity index (χ0n) is 11.7. The van der Waals surface area contributed by atoms with Gasteiger partial charge in [-0.05, 0) is 24.1 Å². The fraction of sp³-hybridized carbons (Fsp3) is 0.500. The molecule has 1 aromatic heterocycles. The minimum atomic E-state index is -0.0100. The van der Waals surface area contributed by atoms with Crippen LogP contribution in [-0.2, 0) is 22.7 Å². The van der Waals surface area contributed by atoms with E-state index < -0.39 is 0 Å². The zero-order chi connectivity index (χ0) is 14.5. The van der Waals surface area contributed by atoms with E-state index in [2.05, 4.69) is 4.98 Å². The van der Waals surface area contributed by atoms with Gasteiger partial charge in [0.1, 0.15) is 6.54 Å². The maximum absolute atomic E-state index is 12.1. The second-order valence-electron chi connectivity index (χ2n) is 4.92. The van der Waals surface area contributed by atoms with E-state index in [1.807, 2.05) is 19.1 Å². The summed E-state index contributed by atoms with van der Waals surface area (Å²) in [6, 6.07) is 3.71. The third-order valence-corrected chi connectivity index (χ3v) is 3.31. The van der Waals surface area contributed by atoms with Crippen LogP contribution in [0.1, 0.15) is 24.6 Å². The van der Waals surface area contributed by atoms with Crippen LogP contribution in [-0.4, -0.2) is 46.2 Å². The van der Waals surface area contributed by atoms with Gasteiger partial charge in [0.25, 0.3) is 0 Å². The average Bonchev–Trinajstić information content (AvgIpc) is 2.45. The first-order chi connectivity index (χ1) is 9.63. The molecule has 1 aliphatic heterocycles. The Morgan fingerprint density at radius 3 is 2.65 bits per heavy atom. The van der Waals surface area contributed by atoms with Crippen molar-refractivity contribution in [2.75, 3.05) is 19.6 Å². The van der Waals surface area contributed by atoms with Crippen LogP contribution in [0.25, 0.3) is 0 Å². The summed E-state index contributed by atoms with van der Waals surface area (Å²) in [7, 11) is 0. The summed E-state index contributed by atoms with van der Waals surface area (Å²) in [4.78, 5) is 31.4. The number of amides is 2. The Morgan fingerprint density at radius 2 is 1.95 bits per heavy atom. The molecule has 1 fully saturated rings. The predicted octanol–water partition coefficient (Wildman–Crippen LogP) is 0.121. The molecule has 0 atom stereocenters. The maximum atomic E-state index is 12.1. The molecule has 1 saturated heterocycles. The molecule has 108 valence electrons. The first-order valence-corrected chi connectivity index (χ1v) is 6.83. The number of hydrogen-bond acceptors (Lipinski definition) is 4. The molecule has 2 N–H and O–H groups in total. The first-order valence-electron chi connectivity index (χ1n) is 6.83. The van der Waals surface area contributed by atoms with E-state index in [4.69, 9.17) is 5.73 Å². The summed E-state index contributed by atoms with van der Waals surface area (Å²) in [6.45, 7) is 3.77. The number of nitrogens with two attached hydrogens (primary N) is 1. The summed E-state index contributed by atoms with van der Waals surface area (Å²) in [5.41, 5.74) is 7.28. The van der Waals surface area contributed by atoms with Crippen molar-refractivity contribution < 1.29 is 9.59 Å². The molecule has 0 saturated carbocycles. The standard InChI is InChI=1S/C14H20N4O2/c1-2-5-17-9-14(20)18(10-13(17)19)8-11-3-4-16-12(6-11)7-15/h3-4,6H,2,5,7-10,15H2,1H3. The fourth-order valence-electron chi connectivity index (χ4n) is 2.28. The molecule has 0 spiro atoms. The second-order valence-corrected chi connectivity index (χ2v) is 4.92. The number of piperazine rings is 1. The lowest BCUT2D eigenvalue weighted by Gasteiger charge is -2.33. The van der Waals surface area contributed by atoms with Crippen LogP contribution in [0.4, 0.5) is 0 Å². The largest absolute Gasteiger partial charge is 0.332 e. The molecule has 1 aliphatic rings. The van der Waals surface area contributed by atoms with E-state index in [0.717, 1.165) is 17.7 Å². The van der Waals surface area contributed by atoms with E-state index >= 15 is 0 Å². The number of hydrogen-bond donors (Lipinski definition) is 1. The molecule has 20 heavy (non-hydrogen) atoms. The Labute approximate surface area is 118 Å². The van der Waals surface area contributed by atoms with Crippen LogP contribution in [0.2, 0.25) is 0 Å². The zero-order valence-corrected chi connectivity index (χ0v) is 11.7. The summed E-state index contributed by atoms with van der Waals surface area (Å²) < 4.78 is 0. The Morgan fingerprint density at radius 1 is 1.25 bits per heavy atom. The summed E-state index contributed by atoms with van der Waals surface area (Å²) in [5.74, 6) is 0.00344. The Kier molecular flexibility index (Phi) is 4.68. The molecule has 0 aliphatic carbocycles. The van der Waals surface area contributed by atoms with Gasteiger partial charge in [0.05, 0.1) is 12.2 Å². The van der Waals surface area contributed by atoms with Crippen molar-refractivity contribution in [2.24, 2.45) is 5.73 Å². The van der Waals surface area contributed by atoms with Crippen molar-refractivity contribution in [3.63, 3.8) is 0 Å². The minimum Gasteiger partial charge on any atom is -0.332 e. The van der Waals surface area contributed by atoms with E-state index in [-0.39, 0.29) is 24.9 Å². The smallest absolute Gasteiger partial charge is 0.242 e. The Bertz CT molecular complexity index is 504. The van der Waals surface area contributed by atoms with Gasteiger partial charge in [0, 0.05) is 25.8 Å². The lowest BCUT2D eigenvalue weighted by Crippen LogP contribution is -2.53. The molecule has 0 bridgehead atoms. The highest BCUT2D eigenvalue weighted by Crippen LogP contribution is 2.11. The monoisotopic (exact) mass is 276 g/mol. The molecule has 0 radical (unpaired) electrons. The second kappa shape index (κ2) is 6.47. The number of carbonyl (C=O) groups is 2. The van der Waals surface area contributed by atoms with Crippen LogP contribution in [0, 0.1) is 0 Å². The summed E-state index contributed by atoms with van der Waals surface area (Å²) in [6.07, 6.45) is 2.54. The van der Waals surface area contributed by atoms with Gasteiger partial charge in [-0.1, -0.05) is 6.92 Å². The highest BCUT2D eigenvalue weighted by Gasteiger charge is 2.29. The summed E-state index contributed by atoms with van der Waals surface area (Å²) in [5, 5.41) is 0. The average molecular weight is 276 g/mol. The van der Waals surface area contributed by atoms with Gasteiger partial charge in [0.2, 0.25) is 11.8 Å². The topological polar surface area (TPSA) is 79.5 Å². The lowest BCUT2D eigenvalue weighted by molar-refractivity contribution is -0.150. The molecular formula is C14H20N4O2. The van der Waals surface area contributed by atoms with Crippen molar-refractivity contribution in [1.29, 1.82) is 0 Å². The molecule has 0 aromatic carbocycles. The maximum Gasteiger partial charge on any atom is 0.242 e. The van der Waals surface area contributed by atoms with Gasteiger partial charge in [-0.25, -0.2) is 0 Å². The van der Waals surface area contributed by atoms with Gasteiger partial charge in [-0.3, -0.25) is 14.6 Å². The van der Waals surface area contributed by atoms with Crippen LogP contribution in [0.15, 0.2) is 18.3 Å². The third kappa shape index (κ3) is 3.33. The molecule has 2 heterocycles. The SMILES string of the molecule is CCCN1CC(=O)N(Cc2ccnc(CN)c2)CC1=O. The van der Waals surface area contributed by atoms with Gasteiger partial charge in [0.15, 0.2) is 0 Å².